The lowest BCUT2D eigenvalue weighted by Gasteiger charge is -2.02. The summed E-state index contributed by atoms with van der Waals surface area (Å²) < 4.78 is 14.2. The summed E-state index contributed by atoms with van der Waals surface area (Å²) in [5.41, 5.74) is 1.40. The second-order valence-corrected chi connectivity index (χ2v) is 5.35. The summed E-state index contributed by atoms with van der Waals surface area (Å²) in [4.78, 5) is 16.2. The maximum Gasteiger partial charge on any atom is 0.246 e. The minimum Gasteiger partial charge on any atom is -0.300 e. The highest BCUT2D eigenvalue weighted by molar-refractivity contribution is 7.14. The minimum atomic E-state index is -0.346. The Hall–Kier alpha value is -3.12. The van der Waals surface area contributed by atoms with E-state index in [0.717, 1.165) is 5.56 Å². The Morgan fingerprint density at radius 1 is 1.39 bits per heavy atom. The highest BCUT2D eigenvalue weighted by Crippen LogP contribution is 2.25. The van der Waals surface area contributed by atoms with Crippen LogP contribution in [0.1, 0.15) is 5.82 Å². The molecule has 1 aromatic carbocycles. The SMILES string of the molecule is N#Cc1nncn1CC(=O)Nc1nc(-c2ccc(F)cc2)cs1. The van der Waals surface area contributed by atoms with Crippen molar-refractivity contribution in [2.24, 2.45) is 0 Å². The van der Waals surface area contributed by atoms with Crippen molar-refractivity contribution in [3.05, 3.63) is 47.6 Å². The number of anilines is 1. The normalized spacial score (nSPS) is 10.3. The maximum absolute atomic E-state index is 12.9. The topological polar surface area (TPSA) is 96.5 Å². The van der Waals surface area contributed by atoms with Crippen LogP contribution in [0.4, 0.5) is 9.52 Å². The number of hydrogen-bond acceptors (Lipinski definition) is 6. The van der Waals surface area contributed by atoms with E-state index in [9.17, 15) is 9.18 Å². The monoisotopic (exact) mass is 328 g/mol. The molecule has 0 atom stereocenters. The number of nitriles is 1. The van der Waals surface area contributed by atoms with Crippen molar-refractivity contribution in [3.63, 3.8) is 0 Å². The van der Waals surface area contributed by atoms with Crippen molar-refractivity contribution in [1.29, 1.82) is 5.26 Å². The van der Waals surface area contributed by atoms with Crippen molar-refractivity contribution in [2.75, 3.05) is 5.32 Å². The zero-order valence-electron chi connectivity index (χ0n) is 11.6. The van der Waals surface area contributed by atoms with E-state index in [4.69, 9.17) is 5.26 Å². The van der Waals surface area contributed by atoms with Crippen LogP contribution in [0.25, 0.3) is 11.3 Å². The molecule has 0 saturated carbocycles. The molecule has 0 bridgehead atoms. The van der Waals surface area contributed by atoms with Crippen LogP contribution in [0.2, 0.25) is 0 Å². The molecule has 23 heavy (non-hydrogen) atoms. The van der Waals surface area contributed by atoms with Gasteiger partial charge in [0.2, 0.25) is 11.7 Å². The van der Waals surface area contributed by atoms with Gasteiger partial charge in [0.1, 0.15) is 24.8 Å². The third-order valence-electron chi connectivity index (χ3n) is 2.92. The Labute approximate surface area is 134 Å². The van der Waals surface area contributed by atoms with Crippen molar-refractivity contribution in [3.8, 4) is 17.3 Å². The number of amides is 1. The van der Waals surface area contributed by atoms with E-state index in [0.29, 0.717) is 10.8 Å². The summed E-state index contributed by atoms with van der Waals surface area (Å²) >= 11 is 1.26. The first kappa shape index (κ1) is 14.8. The summed E-state index contributed by atoms with van der Waals surface area (Å²) in [5, 5.41) is 20.8. The molecule has 7 nitrogen and oxygen atoms in total. The summed E-state index contributed by atoms with van der Waals surface area (Å²) in [7, 11) is 0. The van der Waals surface area contributed by atoms with Gasteiger partial charge in [-0.2, -0.15) is 5.26 Å². The van der Waals surface area contributed by atoms with Gasteiger partial charge in [0.05, 0.1) is 5.69 Å². The first-order valence-corrected chi connectivity index (χ1v) is 7.33. The quantitative estimate of drug-likeness (QED) is 0.790. The average Bonchev–Trinajstić information content (AvgIpc) is 3.17. The lowest BCUT2D eigenvalue weighted by atomic mass is 10.2. The van der Waals surface area contributed by atoms with Crippen molar-refractivity contribution < 1.29 is 9.18 Å². The van der Waals surface area contributed by atoms with Crippen LogP contribution in [0.3, 0.4) is 0 Å². The molecule has 0 radical (unpaired) electrons. The van der Waals surface area contributed by atoms with Gasteiger partial charge in [-0.1, -0.05) is 0 Å². The molecule has 0 spiro atoms. The number of hydrogen-bond donors (Lipinski definition) is 1. The number of carbonyl (C=O) groups excluding carboxylic acids is 1. The van der Waals surface area contributed by atoms with Gasteiger partial charge in [0.15, 0.2) is 5.13 Å². The van der Waals surface area contributed by atoms with Crippen molar-refractivity contribution >= 4 is 22.4 Å². The zero-order chi connectivity index (χ0) is 16.2. The third-order valence-corrected chi connectivity index (χ3v) is 3.68. The van der Waals surface area contributed by atoms with E-state index in [1.54, 1.807) is 17.5 Å². The van der Waals surface area contributed by atoms with Crippen LogP contribution in [-0.4, -0.2) is 25.7 Å². The molecule has 2 heterocycles. The molecule has 114 valence electrons. The van der Waals surface area contributed by atoms with Crippen LogP contribution in [0, 0.1) is 17.1 Å². The molecular weight excluding hydrogens is 319 g/mol. The molecule has 0 fully saturated rings. The van der Waals surface area contributed by atoms with E-state index < -0.39 is 0 Å². The minimum absolute atomic E-state index is 0.0614. The van der Waals surface area contributed by atoms with E-state index in [2.05, 4.69) is 20.5 Å². The summed E-state index contributed by atoms with van der Waals surface area (Å²) in [5.74, 6) is -0.604. The Morgan fingerprint density at radius 2 is 2.17 bits per heavy atom. The number of halogens is 1. The smallest absolute Gasteiger partial charge is 0.246 e. The number of benzene rings is 1. The molecule has 0 aliphatic heterocycles. The van der Waals surface area contributed by atoms with Crippen LogP contribution in [0.15, 0.2) is 36.0 Å². The largest absolute Gasteiger partial charge is 0.300 e. The average molecular weight is 328 g/mol. The summed E-state index contributed by atoms with van der Waals surface area (Å²) in [6, 6.07) is 7.77. The summed E-state index contributed by atoms with van der Waals surface area (Å²) in [6.45, 7) is -0.0820. The molecule has 1 N–H and O–H groups in total. The van der Waals surface area contributed by atoms with Crippen LogP contribution < -0.4 is 5.32 Å². The molecule has 3 aromatic rings. The molecular formula is C14H9FN6OS. The number of rotatable bonds is 4. The number of aromatic nitrogens is 4. The highest BCUT2D eigenvalue weighted by Gasteiger charge is 2.11. The van der Waals surface area contributed by atoms with E-state index in [-0.39, 0.29) is 24.1 Å². The van der Waals surface area contributed by atoms with Gasteiger partial charge in [-0.25, -0.2) is 9.37 Å². The summed E-state index contributed by atoms with van der Waals surface area (Å²) in [6.07, 6.45) is 1.31. The first-order valence-electron chi connectivity index (χ1n) is 6.45. The van der Waals surface area contributed by atoms with Crippen LogP contribution in [0.5, 0.6) is 0 Å². The van der Waals surface area contributed by atoms with Crippen LogP contribution in [-0.2, 0) is 11.3 Å². The lowest BCUT2D eigenvalue weighted by molar-refractivity contribution is -0.116. The third kappa shape index (κ3) is 3.38. The van der Waals surface area contributed by atoms with Gasteiger partial charge in [-0.3, -0.25) is 9.36 Å². The van der Waals surface area contributed by atoms with Gasteiger partial charge in [0, 0.05) is 10.9 Å². The standard InChI is InChI=1S/C14H9FN6OS/c15-10-3-1-9(2-4-10)11-7-23-14(18-11)19-13(22)6-21-8-17-20-12(21)5-16/h1-4,7-8H,6H2,(H,18,19,22). The highest BCUT2D eigenvalue weighted by atomic mass is 32.1. The van der Waals surface area contributed by atoms with E-state index >= 15 is 0 Å². The number of thiazole rings is 1. The predicted molar refractivity (Wildman–Crippen MR) is 80.9 cm³/mol. The number of nitrogens with zero attached hydrogens (tertiary/aromatic N) is 5. The number of nitrogens with one attached hydrogen (secondary N) is 1. The fraction of sp³-hybridized carbons (Fsp3) is 0.0714. The second-order valence-electron chi connectivity index (χ2n) is 4.49. The lowest BCUT2D eigenvalue weighted by Crippen LogP contribution is -2.19. The van der Waals surface area contributed by atoms with Crippen molar-refractivity contribution in [1.82, 2.24) is 19.7 Å². The molecule has 2 aromatic heterocycles. The molecule has 1 amide bonds. The maximum atomic E-state index is 12.9. The van der Waals surface area contributed by atoms with Gasteiger partial charge < -0.3 is 5.32 Å². The molecule has 0 aliphatic rings. The molecule has 0 unspecified atom stereocenters. The van der Waals surface area contributed by atoms with Gasteiger partial charge in [0.25, 0.3) is 0 Å². The molecule has 3 rings (SSSR count). The van der Waals surface area contributed by atoms with Gasteiger partial charge >= 0.3 is 0 Å². The van der Waals surface area contributed by atoms with Gasteiger partial charge in [-0.15, -0.1) is 21.5 Å². The van der Waals surface area contributed by atoms with Crippen molar-refractivity contribution in [2.45, 2.75) is 6.54 Å². The Kier molecular flexibility index (Phi) is 4.07. The molecule has 0 saturated heterocycles. The molecule has 9 heteroatoms. The Bertz CT molecular complexity index is 879. The van der Waals surface area contributed by atoms with E-state index in [1.165, 1.54) is 34.4 Å². The van der Waals surface area contributed by atoms with Crippen LogP contribution >= 0.6 is 11.3 Å². The molecule has 0 aliphatic carbocycles. The Balaban J connectivity index is 1.68. The van der Waals surface area contributed by atoms with Gasteiger partial charge in [-0.05, 0) is 24.3 Å². The fourth-order valence-corrected chi connectivity index (χ4v) is 2.59. The fourth-order valence-electron chi connectivity index (χ4n) is 1.86. The number of carbonyl (C=O) groups is 1. The second kappa shape index (κ2) is 6.33. The first-order chi connectivity index (χ1) is 11.2. The zero-order valence-corrected chi connectivity index (χ0v) is 12.4. The predicted octanol–water partition coefficient (Wildman–Crippen LogP) is 2.05. The van der Waals surface area contributed by atoms with E-state index in [1.807, 2.05) is 6.07 Å². The Morgan fingerprint density at radius 3 is 2.91 bits per heavy atom.